The molecule has 1 aliphatic rings. The van der Waals surface area contributed by atoms with Crippen molar-refractivity contribution in [1.29, 1.82) is 0 Å². The molecule has 0 aliphatic heterocycles. The van der Waals surface area contributed by atoms with E-state index in [-0.39, 0.29) is 5.41 Å². The van der Waals surface area contributed by atoms with Gasteiger partial charge in [0.05, 0.1) is 6.42 Å². The molecule has 1 aromatic heterocycles. The van der Waals surface area contributed by atoms with Crippen molar-refractivity contribution in [1.82, 2.24) is 4.57 Å². The maximum Gasteiger partial charge on any atom is 0.389 e. The Labute approximate surface area is 138 Å². The Morgan fingerprint density at radius 1 is 1.30 bits per heavy atom. The van der Waals surface area contributed by atoms with Crippen molar-refractivity contribution in [2.24, 2.45) is 10.9 Å². The van der Waals surface area contributed by atoms with Crippen LogP contribution in [-0.2, 0) is 16.8 Å². The zero-order chi connectivity index (χ0) is 17.4. The molecular weight excluding hydrogens is 325 g/mol. The average Bonchev–Trinajstić information content (AvgIpc) is 3.14. The summed E-state index contributed by atoms with van der Waals surface area (Å²) >= 11 is 1.42. The lowest BCUT2D eigenvalue weighted by Gasteiger charge is -2.17. The van der Waals surface area contributed by atoms with Gasteiger partial charge in [-0.3, -0.25) is 4.79 Å². The van der Waals surface area contributed by atoms with Crippen molar-refractivity contribution in [3.05, 3.63) is 15.4 Å². The molecule has 3 nitrogen and oxygen atoms in total. The number of thiazole rings is 1. The lowest BCUT2D eigenvalue weighted by molar-refractivity contribution is -0.142. The molecule has 0 aromatic carbocycles. The van der Waals surface area contributed by atoms with Gasteiger partial charge in [0, 0.05) is 23.5 Å². The van der Waals surface area contributed by atoms with Crippen molar-refractivity contribution in [3.63, 3.8) is 0 Å². The Hall–Kier alpha value is -1.11. The maximum absolute atomic E-state index is 12.2. The highest BCUT2D eigenvalue weighted by Gasteiger charge is 2.29. The van der Waals surface area contributed by atoms with Gasteiger partial charge < -0.3 is 4.57 Å². The van der Waals surface area contributed by atoms with Crippen molar-refractivity contribution in [2.45, 2.75) is 71.5 Å². The minimum absolute atomic E-state index is 0.0805. The number of alkyl halides is 3. The molecule has 0 unspecified atom stereocenters. The van der Waals surface area contributed by atoms with E-state index in [1.807, 2.05) is 11.5 Å². The highest BCUT2D eigenvalue weighted by molar-refractivity contribution is 7.09. The number of carbonyl (C=O) groups is 1. The van der Waals surface area contributed by atoms with Gasteiger partial charge in [-0.05, 0) is 31.1 Å². The Morgan fingerprint density at radius 3 is 2.39 bits per heavy atom. The molecule has 1 fully saturated rings. The van der Waals surface area contributed by atoms with E-state index >= 15 is 0 Å². The fourth-order valence-electron chi connectivity index (χ4n) is 2.45. The number of hydrogen-bond donors (Lipinski definition) is 0. The van der Waals surface area contributed by atoms with Crippen LogP contribution in [0.1, 0.15) is 57.0 Å². The molecule has 0 spiro atoms. The highest BCUT2D eigenvalue weighted by atomic mass is 32.1. The van der Waals surface area contributed by atoms with Crippen LogP contribution in [-0.4, -0.2) is 16.7 Å². The van der Waals surface area contributed by atoms with Crippen LogP contribution in [0.3, 0.4) is 0 Å². The van der Waals surface area contributed by atoms with Gasteiger partial charge in [-0.1, -0.05) is 20.8 Å². The monoisotopic (exact) mass is 348 g/mol. The van der Waals surface area contributed by atoms with E-state index in [2.05, 4.69) is 25.8 Å². The molecule has 0 N–H and O–H groups in total. The van der Waals surface area contributed by atoms with Crippen molar-refractivity contribution < 1.29 is 18.0 Å². The van der Waals surface area contributed by atoms with Crippen LogP contribution in [0.5, 0.6) is 0 Å². The normalized spacial score (nSPS) is 16.9. The van der Waals surface area contributed by atoms with Gasteiger partial charge in [-0.25, -0.2) is 0 Å². The largest absolute Gasteiger partial charge is 0.389 e. The third kappa shape index (κ3) is 5.19. The van der Waals surface area contributed by atoms with Crippen LogP contribution in [0, 0.1) is 12.8 Å². The molecular formula is C16H23F3N2OS. The highest BCUT2D eigenvalue weighted by Crippen LogP contribution is 2.33. The molecule has 0 radical (unpaired) electrons. The summed E-state index contributed by atoms with van der Waals surface area (Å²) < 4.78 is 38.7. The molecule has 23 heavy (non-hydrogen) atoms. The van der Waals surface area contributed by atoms with Crippen LogP contribution in [0.4, 0.5) is 13.2 Å². The van der Waals surface area contributed by atoms with E-state index in [1.165, 1.54) is 11.3 Å². The molecule has 130 valence electrons. The molecule has 1 aliphatic carbocycles. The van der Waals surface area contributed by atoms with Gasteiger partial charge >= 0.3 is 6.18 Å². The number of nitrogens with zero attached hydrogens (tertiary/aromatic N) is 2. The predicted molar refractivity (Wildman–Crippen MR) is 84.3 cm³/mol. The lowest BCUT2D eigenvalue weighted by atomic mass is 9.93. The second kappa shape index (κ2) is 6.42. The number of carbonyl (C=O) groups excluding carboxylic acids is 1. The van der Waals surface area contributed by atoms with Crippen LogP contribution in [0.2, 0.25) is 0 Å². The Kier molecular flexibility index (Phi) is 5.09. The van der Waals surface area contributed by atoms with E-state index < -0.39 is 24.9 Å². The molecule has 1 saturated carbocycles. The van der Waals surface area contributed by atoms with E-state index in [9.17, 15) is 18.0 Å². The van der Waals surface area contributed by atoms with Gasteiger partial charge in [0.1, 0.15) is 0 Å². The summed E-state index contributed by atoms with van der Waals surface area (Å²) in [4.78, 5) is 17.4. The van der Waals surface area contributed by atoms with Gasteiger partial charge in [0.15, 0.2) is 4.80 Å². The summed E-state index contributed by atoms with van der Waals surface area (Å²) in [6.07, 6.45) is -3.70. The first-order valence-electron chi connectivity index (χ1n) is 7.82. The van der Waals surface area contributed by atoms with E-state index in [0.717, 1.165) is 30.0 Å². The summed E-state index contributed by atoms with van der Waals surface area (Å²) in [7, 11) is 0. The quantitative estimate of drug-likeness (QED) is 0.797. The number of halogens is 3. The topological polar surface area (TPSA) is 34.4 Å². The van der Waals surface area contributed by atoms with Crippen molar-refractivity contribution >= 4 is 17.2 Å². The Balaban J connectivity index is 2.31. The van der Waals surface area contributed by atoms with E-state index in [4.69, 9.17) is 0 Å². The van der Waals surface area contributed by atoms with E-state index in [1.54, 1.807) is 0 Å². The average molecular weight is 348 g/mol. The zero-order valence-electron chi connectivity index (χ0n) is 14.0. The Bertz CT molecular complexity index is 646. The van der Waals surface area contributed by atoms with Gasteiger partial charge in [-0.2, -0.15) is 18.2 Å². The maximum atomic E-state index is 12.2. The van der Waals surface area contributed by atoms with Crippen LogP contribution in [0.25, 0.3) is 0 Å². The van der Waals surface area contributed by atoms with Crippen molar-refractivity contribution in [3.8, 4) is 0 Å². The second-order valence-electron chi connectivity index (χ2n) is 7.22. The minimum atomic E-state index is -4.32. The first-order valence-corrected chi connectivity index (χ1v) is 8.64. The molecule has 1 amide bonds. The second-order valence-corrected chi connectivity index (χ2v) is 8.20. The fourth-order valence-corrected chi connectivity index (χ4v) is 3.67. The smallest absolute Gasteiger partial charge is 0.320 e. The van der Waals surface area contributed by atoms with Gasteiger partial charge in [0.2, 0.25) is 5.91 Å². The Morgan fingerprint density at radius 2 is 1.91 bits per heavy atom. The molecule has 2 rings (SSSR count). The summed E-state index contributed by atoms with van der Waals surface area (Å²) in [5.74, 6) is -0.103. The number of amides is 1. The summed E-state index contributed by atoms with van der Waals surface area (Å²) in [6.45, 7) is 9.05. The summed E-state index contributed by atoms with van der Waals surface area (Å²) in [6, 6.07) is 0. The van der Waals surface area contributed by atoms with Crippen LogP contribution in [0.15, 0.2) is 4.99 Å². The molecule has 1 aromatic rings. The summed E-state index contributed by atoms with van der Waals surface area (Å²) in [5.41, 5.74) is 0.986. The lowest BCUT2D eigenvalue weighted by Crippen LogP contribution is -2.20. The summed E-state index contributed by atoms with van der Waals surface area (Å²) in [5, 5.41) is 0. The standard InChI is InChI=1S/C16H23F3N2OS/c1-10-13(15(2,3)4)23-14(21(10)9-11-5-6-11)20-12(22)7-8-16(17,18)19/h11H,5-9H2,1-4H3. The number of rotatable bonds is 4. The molecule has 0 atom stereocenters. The predicted octanol–water partition coefficient (Wildman–Crippen LogP) is 4.34. The molecule has 1 heterocycles. The van der Waals surface area contributed by atoms with Crippen LogP contribution >= 0.6 is 11.3 Å². The molecule has 0 bridgehead atoms. The van der Waals surface area contributed by atoms with Crippen LogP contribution < -0.4 is 4.80 Å². The SMILES string of the molecule is Cc1c(C(C)(C)C)sc(=NC(=O)CCC(F)(F)F)n1CC1CC1. The third-order valence-electron chi connectivity index (χ3n) is 3.82. The van der Waals surface area contributed by atoms with E-state index in [0.29, 0.717) is 10.7 Å². The minimum Gasteiger partial charge on any atom is -0.320 e. The van der Waals surface area contributed by atoms with Crippen molar-refractivity contribution in [2.75, 3.05) is 0 Å². The zero-order valence-corrected chi connectivity index (χ0v) is 14.8. The molecule has 0 saturated heterocycles. The first kappa shape index (κ1) is 18.2. The fraction of sp³-hybridized carbons (Fsp3) is 0.750. The van der Waals surface area contributed by atoms with Gasteiger partial charge in [0.25, 0.3) is 0 Å². The van der Waals surface area contributed by atoms with Gasteiger partial charge in [-0.15, -0.1) is 11.3 Å². The third-order valence-corrected chi connectivity index (χ3v) is 5.43. The first-order chi connectivity index (χ1) is 10.5. The number of hydrogen-bond acceptors (Lipinski definition) is 2. The number of aromatic nitrogens is 1. The molecule has 7 heteroatoms.